The van der Waals surface area contributed by atoms with E-state index >= 15 is 0 Å². The van der Waals surface area contributed by atoms with E-state index in [2.05, 4.69) is 10.8 Å². The molecule has 2 aromatic carbocycles. The smallest absolute Gasteiger partial charge is 0.136 e. The lowest BCUT2D eigenvalue weighted by molar-refractivity contribution is 0.535. The van der Waals surface area contributed by atoms with Gasteiger partial charge in [0.2, 0.25) is 0 Å². The second kappa shape index (κ2) is 7.37. The summed E-state index contributed by atoms with van der Waals surface area (Å²) in [4.78, 5) is 0. The molecule has 0 saturated heterocycles. The second-order valence-electron chi connectivity index (χ2n) is 6.22. The molecule has 0 fully saturated rings. The molecule has 2 unspecified atom stereocenters. The van der Waals surface area contributed by atoms with Crippen molar-refractivity contribution in [2.45, 2.75) is 31.6 Å². The molecule has 120 valence electrons. The van der Waals surface area contributed by atoms with Gasteiger partial charge in [0.15, 0.2) is 0 Å². The Labute approximate surface area is 145 Å². The van der Waals surface area contributed by atoms with E-state index in [1.54, 1.807) is 18.2 Å². The van der Waals surface area contributed by atoms with Crippen molar-refractivity contribution < 1.29 is 4.55 Å². The quantitative estimate of drug-likeness (QED) is 0.837. The molecule has 0 amide bonds. The summed E-state index contributed by atoms with van der Waals surface area (Å²) in [5.74, 6) is 0. The summed E-state index contributed by atoms with van der Waals surface area (Å²) in [6.07, 6.45) is 0. The van der Waals surface area contributed by atoms with Crippen LogP contribution in [0.5, 0.6) is 0 Å². The van der Waals surface area contributed by atoms with E-state index in [9.17, 15) is 4.55 Å². The minimum atomic E-state index is -1.25. The zero-order valence-electron chi connectivity index (χ0n) is 13.3. The Hall–Kier alpha value is -1.51. The Kier molecular flexibility index (Phi) is 5.72. The molecule has 0 aliphatic heterocycles. The highest BCUT2D eigenvalue weighted by atomic mass is 35.5. The summed E-state index contributed by atoms with van der Waals surface area (Å²) in [7, 11) is 0. The standard InChI is InChI=1S/C18H19ClN2OS/c1-18(2,3)23(22)21-17(14-7-9-16(19)10-8-14)15-6-4-5-13(11-15)12-20/h4-11,17,21H,1-3H3. The van der Waals surface area contributed by atoms with Crippen LogP contribution < -0.4 is 4.72 Å². The van der Waals surface area contributed by atoms with Gasteiger partial charge in [0.05, 0.1) is 11.6 Å². The lowest BCUT2D eigenvalue weighted by Crippen LogP contribution is -2.41. The fourth-order valence-corrected chi connectivity index (χ4v) is 3.02. The Bertz CT molecular complexity index is 704. The van der Waals surface area contributed by atoms with Gasteiger partial charge in [-0.15, -0.1) is 4.72 Å². The van der Waals surface area contributed by atoms with E-state index in [0.717, 1.165) is 11.1 Å². The molecule has 0 bridgehead atoms. The minimum absolute atomic E-state index is 0.277. The minimum Gasteiger partial charge on any atom is -0.598 e. The van der Waals surface area contributed by atoms with Crippen LogP contribution in [0.4, 0.5) is 0 Å². The number of rotatable bonds is 4. The van der Waals surface area contributed by atoms with E-state index in [4.69, 9.17) is 16.9 Å². The van der Waals surface area contributed by atoms with Crippen molar-refractivity contribution in [2.75, 3.05) is 0 Å². The number of nitrogens with one attached hydrogen (secondary N) is 1. The van der Waals surface area contributed by atoms with E-state index in [1.807, 2.05) is 51.1 Å². The summed E-state index contributed by atoms with van der Waals surface area (Å²) >= 11 is 4.72. The third-order valence-electron chi connectivity index (χ3n) is 3.33. The number of benzene rings is 2. The van der Waals surface area contributed by atoms with E-state index < -0.39 is 16.1 Å². The van der Waals surface area contributed by atoms with Crippen molar-refractivity contribution in [2.24, 2.45) is 0 Å². The van der Waals surface area contributed by atoms with Crippen LogP contribution in [0.15, 0.2) is 48.5 Å². The van der Waals surface area contributed by atoms with Crippen molar-refractivity contribution in [1.82, 2.24) is 4.72 Å². The lowest BCUT2D eigenvalue weighted by Gasteiger charge is -2.28. The molecule has 0 aliphatic rings. The lowest BCUT2D eigenvalue weighted by atomic mass is 9.98. The van der Waals surface area contributed by atoms with Crippen molar-refractivity contribution in [3.63, 3.8) is 0 Å². The van der Waals surface area contributed by atoms with E-state index in [-0.39, 0.29) is 6.04 Å². The van der Waals surface area contributed by atoms with Crippen LogP contribution in [-0.4, -0.2) is 9.30 Å². The van der Waals surface area contributed by atoms with E-state index in [1.165, 1.54) is 0 Å². The highest BCUT2D eigenvalue weighted by molar-refractivity contribution is 7.90. The summed E-state index contributed by atoms with van der Waals surface area (Å²) in [5, 5.41) is 9.76. The van der Waals surface area contributed by atoms with Crippen LogP contribution in [-0.2, 0) is 11.4 Å². The molecule has 3 nitrogen and oxygen atoms in total. The average molecular weight is 347 g/mol. The summed E-state index contributed by atoms with van der Waals surface area (Å²) in [6.45, 7) is 5.75. The van der Waals surface area contributed by atoms with Gasteiger partial charge in [-0.25, -0.2) is 0 Å². The topological polar surface area (TPSA) is 58.9 Å². The van der Waals surface area contributed by atoms with Gasteiger partial charge in [-0.05, 0) is 56.2 Å². The van der Waals surface area contributed by atoms with Crippen molar-refractivity contribution >= 4 is 23.0 Å². The summed E-state index contributed by atoms with van der Waals surface area (Å²) in [5.41, 5.74) is 2.41. The van der Waals surface area contributed by atoms with Crippen LogP contribution in [0.25, 0.3) is 0 Å². The molecule has 0 aliphatic carbocycles. The van der Waals surface area contributed by atoms with E-state index in [0.29, 0.717) is 10.6 Å². The van der Waals surface area contributed by atoms with Crippen molar-refractivity contribution in [3.8, 4) is 6.07 Å². The Morgan fingerprint density at radius 1 is 1.13 bits per heavy atom. The Morgan fingerprint density at radius 3 is 2.35 bits per heavy atom. The Morgan fingerprint density at radius 2 is 1.78 bits per heavy atom. The summed E-state index contributed by atoms with van der Waals surface area (Å²) < 4.78 is 15.3. The largest absolute Gasteiger partial charge is 0.598 e. The van der Waals surface area contributed by atoms with Gasteiger partial charge in [-0.1, -0.05) is 35.9 Å². The number of nitrogens with zero attached hydrogens (tertiary/aromatic N) is 1. The number of halogens is 1. The first-order valence-corrected chi connectivity index (χ1v) is 8.77. The molecule has 0 radical (unpaired) electrons. The molecule has 0 aromatic heterocycles. The van der Waals surface area contributed by atoms with Crippen LogP contribution in [0.1, 0.15) is 43.5 Å². The molecular formula is C18H19ClN2OS. The monoisotopic (exact) mass is 346 g/mol. The number of nitriles is 1. The van der Waals surface area contributed by atoms with Crippen molar-refractivity contribution in [3.05, 3.63) is 70.2 Å². The first-order valence-electron chi connectivity index (χ1n) is 7.25. The van der Waals surface area contributed by atoms with Gasteiger partial charge < -0.3 is 4.55 Å². The molecule has 5 heteroatoms. The first-order chi connectivity index (χ1) is 10.8. The Balaban J connectivity index is 2.42. The number of hydrogen-bond acceptors (Lipinski definition) is 3. The van der Waals surface area contributed by atoms with Gasteiger partial charge in [0.25, 0.3) is 0 Å². The van der Waals surface area contributed by atoms with Crippen molar-refractivity contribution in [1.29, 1.82) is 5.26 Å². The zero-order valence-corrected chi connectivity index (χ0v) is 14.9. The molecular weight excluding hydrogens is 328 g/mol. The van der Waals surface area contributed by atoms with Gasteiger partial charge in [-0.3, -0.25) is 0 Å². The maximum Gasteiger partial charge on any atom is 0.136 e. The van der Waals surface area contributed by atoms with Crippen LogP contribution in [0.3, 0.4) is 0 Å². The first kappa shape index (κ1) is 17.8. The fraction of sp³-hybridized carbons (Fsp3) is 0.278. The molecule has 0 spiro atoms. The zero-order chi connectivity index (χ0) is 17.0. The predicted molar refractivity (Wildman–Crippen MR) is 95.5 cm³/mol. The normalized spacial score (nSPS) is 14.1. The number of hydrogen-bond donors (Lipinski definition) is 1. The maximum absolute atomic E-state index is 12.6. The second-order valence-corrected chi connectivity index (χ2v) is 8.66. The van der Waals surface area contributed by atoms with Crippen LogP contribution >= 0.6 is 11.6 Å². The molecule has 2 aromatic rings. The van der Waals surface area contributed by atoms with Gasteiger partial charge >= 0.3 is 0 Å². The van der Waals surface area contributed by atoms with Crippen LogP contribution in [0, 0.1) is 11.3 Å². The highest BCUT2D eigenvalue weighted by Crippen LogP contribution is 2.27. The molecule has 0 heterocycles. The summed E-state index contributed by atoms with van der Waals surface area (Å²) in [6, 6.07) is 16.6. The third kappa shape index (κ3) is 4.73. The average Bonchev–Trinajstić information content (AvgIpc) is 2.52. The van der Waals surface area contributed by atoms with Gasteiger partial charge in [0, 0.05) is 16.4 Å². The molecule has 23 heavy (non-hydrogen) atoms. The molecule has 0 saturated carbocycles. The molecule has 2 rings (SSSR count). The predicted octanol–water partition coefficient (Wildman–Crippen LogP) is 4.35. The molecule has 2 atom stereocenters. The van der Waals surface area contributed by atoms with Gasteiger partial charge in [0.1, 0.15) is 10.8 Å². The fourth-order valence-electron chi connectivity index (χ4n) is 2.06. The molecule has 1 N–H and O–H groups in total. The third-order valence-corrected chi connectivity index (χ3v) is 5.15. The maximum atomic E-state index is 12.6. The van der Waals surface area contributed by atoms with Crippen LogP contribution in [0.2, 0.25) is 5.02 Å². The van der Waals surface area contributed by atoms with Gasteiger partial charge in [-0.2, -0.15) is 5.26 Å². The SMILES string of the molecule is CC(C)(C)[S+]([O-])NC(c1ccc(Cl)cc1)c1cccc(C#N)c1. The highest BCUT2D eigenvalue weighted by Gasteiger charge is 2.30.